The second-order valence-corrected chi connectivity index (χ2v) is 5.56. The van der Waals surface area contributed by atoms with E-state index in [0.717, 1.165) is 30.2 Å². The summed E-state index contributed by atoms with van der Waals surface area (Å²) in [6.45, 7) is 11.2. The smallest absolute Gasteiger partial charge is 0.138 e. The van der Waals surface area contributed by atoms with Crippen LogP contribution in [0, 0.1) is 13.8 Å². The molecule has 0 aliphatic rings. The molecular weight excluding hydrogens is 264 g/mol. The lowest BCUT2D eigenvalue weighted by atomic mass is 10.0. The lowest BCUT2D eigenvalue weighted by molar-refractivity contribution is 0.466. The predicted octanol–water partition coefficient (Wildman–Crippen LogP) is 2.16. The molecule has 2 rings (SSSR count). The number of likely N-dealkylation sites (N-methyl/N-ethyl adjacent to an activating group) is 1. The van der Waals surface area contributed by atoms with Crippen LogP contribution in [0.15, 0.2) is 12.4 Å². The van der Waals surface area contributed by atoms with Gasteiger partial charge in [-0.05, 0) is 45.9 Å². The van der Waals surface area contributed by atoms with Gasteiger partial charge in [0.15, 0.2) is 0 Å². The van der Waals surface area contributed by atoms with E-state index in [1.54, 1.807) is 6.33 Å². The molecule has 1 unspecified atom stereocenters. The summed E-state index contributed by atoms with van der Waals surface area (Å²) in [7, 11) is 0. The zero-order valence-electron chi connectivity index (χ0n) is 13.5. The van der Waals surface area contributed by atoms with Gasteiger partial charge in [0.05, 0.1) is 11.4 Å². The molecule has 0 aliphatic carbocycles. The van der Waals surface area contributed by atoms with Crippen LogP contribution in [0.25, 0.3) is 0 Å². The maximum Gasteiger partial charge on any atom is 0.138 e. The molecule has 0 saturated carbocycles. The summed E-state index contributed by atoms with van der Waals surface area (Å²) in [5, 5.41) is 16.2. The van der Waals surface area contributed by atoms with E-state index < -0.39 is 0 Å². The van der Waals surface area contributed by atoms with E-state index in [1.807, 2.05) is 18.5 Å². The van der Waals surface area contributed by atoms with E-state index in [9.17, 15) is 0 Å². The number of nitrogens with one attached hydrogen (secondary N) is 1. The summed E-state index contributed by atoms with van der Waals surface area (Å²) >= 11 is 0. The molecule has 2 heterocycles. The van der Waals surface area contributed by atoms with Gasteiger partial charge < -0.3 is 5.32 Å². The van der Waals surface area contributed by atoms with Crippen LogP contribution < -0.4 is 5.32 Å². The Morgan fingerprint density at radius 1 is 1.24 bits per heavy atom. The monoisotopic (exact) mass is 288 g/mol. The highest BCUT2D eigenvalue weighted by Gasteiger charge is 2.19. The van der Waals surface area contributed by atoms with Gasteiger partial charge in [-0.1, -0.05) is 6.92 Å². The molecule has 1 N–H and O–H groups in total. The Hall–Kier alpha value is -1.82. The topological polar surface area (TPSA) is 68.5 Å². The van der Waals surface area contributed by atoms with Crippen molar-refractivity contribution in [1.82, 2.24) is 30.3 Å². The maximum absolute atomic E-state index is 4.41. The first-order valence-corrected chi connectivity index (χ1v) is 7.45. The number of nitrogens with zero attached hydrogens (tertiary/aromatic N) is 5. The summed E-state index contributed by atoms with van der Waals surface area (Å²) in [6, 6.07) is 2.58. The van der Waals surface area contributed by atoms with Crippen LogP contribution in [-0.4, -0.2) is 31.5 Å². The fourth-order valence-corrected chi connectivity index (χ4v) is 2.50. The average Bonchev–Trinajstić information content (AvgIpc) is 2.89. The highest BCUT2D eigenvalue weighted by atomic mass is 15.3. The Labute approximate surface area is 126 Å². The molecule has 0 spiro atoms. The molecule has 21 heavy (non-hydrogen) atoms. The number of hydrogen-bond acceptors (Lipinski definition) is 5. The molecule has 2 aromatic heterocycles. The van der Waals surface area contributed by atoms with E-state index in [2.05, 4.69) is 52.4 Å². The SMILES string of the molecule is CCNC(Cc1ncnn1C(C)C)c1cc(C)nnc1C. The second kappa shape index (κ2) is 6.76. The lowest BCUT2D eigenvalue weighted by Crippen LogP contribution is -2.26. The third kappa shape index (κ3) is 3.64. The maximum atomic E-state index is 4.41. The summed E-state index contributed by atoms with van der Waals surface area (Å²) in [4.78, 5) is 4.41. The Morgan fingerprint density at radius 2 is 2.00 bits per heavy atom. The first-order valence-electron chi connectivity index (χ1n) is 7.45. The van der Waals surface area contributed by atoms with Gasteiger partial charge in [0.25, 0.3) is 0 Å². The van der Waals surface area contributed by atoms with Crippen LogP contribution in [0.1, 0.15) is 55.6 Å². The molecule has 6 nitrogen and oxygen atoms in total. The van der Waals surface area contributed by atoms with Gasteiger partial charge in [0.1, 0.15) is 12.2 Å². The minimum atomic E-state index is 0.172. The molecule has 0 aliphatic heterocycles. The number of hydrogen-bond donors (Lipinski definition) is 1. The number of rotatable bonds is 6. The minimum absolute atomic E-state index is 0.172. The molecular formula is C15H24N6. The third-order valence-electron chi connectivity index (χ3n) is 3.49. The molecule has 0 radical (unpaired) electrons. The van der Waals surface area contributed by atoms with Crippen LogP contribution in [-0.2, 0) is 6.42 Å². The largest absolute Gasteiger partial charge is 0.310 e. The Morgan fingerprint density at radius 3 is 2.67 bits per heavy atom. The van der Waals surface area contributed by atoms with Crippen molar-refractivity contribution in [2.24, 2.45) is 0 Å². The van der Waals surface area contributed by atoms with Crippen molar-refractivity contribution in [3.63, 3.8) is 0 Å². The second-order valence-electron chi connectivity index (χ2n) is 5.56. The highest BCUT2D eigenvalue weighted by molar-refractivity contribution is 5.24. The zero-order valence-corrected chi connectivity index (χ0v) is 13.5. The van der Waals surface area contributed by atoms with Crippen molar-refractivity contribution >= 4 is 0 Å². The Balaban J connectivity index is 2.31. The van der Waals surface area contributed by atoms with Crippen molar-refractivity contribution in [2.75, 3.05) is 6.54 Å². The third-order valence-corrected chi connectivity index (χ3v) is 3.49. The normalized spacial score (nSPS) is 12.9. The van der Waals surface area contributed by atoms with Crippen LogP contribution in [0.4, 0.5) is 0 Å². The molecule has 0 saturated heterocycles. The summed E-state index contributed by atoms with van der Waals surface area (Å²) < 4.78 is 1.97. The number of aromatic nitrogens is 5. The van der Waals surface area contributed by atoms with Crippen LogP contribution in [0.3, 0.4) is 0 Å². The summed E-state index contributed by atoms with van der Waals surface area (Å²) in [6.07, 6.45) is 2.42. The molecule has 0 amide bonds. The van der Waals surface area contributed by atoms with Gasteiger partial charge in [-0.15, -0.1) is 0 Å². The highest BCUT2D eigenvalue weighted by Crippen LogP contribution is 2.21. The summed E-state index contributed by atoms with van der Waals surface area (Å²) in [5.74, 6) is 0.991. The average molecular weight is 288 g/mol. The van der Waals surface area contributed by atoms with Crippen molar-refractivity contribution in [1.29, 1.82) is 0 Å². The first-order chi connectivity index (χ1) is 10.0. The molecule has 6 heteroatoms. The predicted molar refractivity (Wildman–Crippen MR) is 82.0 cm³/mol. The fraction of sp³-hybridized carbons (Fsp3) is 0.600. The zero-order chi connectivity index (χ0) is 15.4. The quantitative estimate of drug-likeness (QED) is 0.882. The van der Waals surface area contributed by atoms with Gasteiger partial charge in [-0.3, -0.25) is 0 Å². The Bertz CT molecular complexity index is 590. The van der Waals surface area contributed by atoms with E-state index in [4.69, 9.17) is 0 Å². The molecule has 0 bridgehead atoms. The first kappa shape index (κ1) is 15.6. The van der Waals surface area contributed by atoms with Crippen molar-refractivity contribution in [3.8, 4) is 0 Å². The van der Waals surface area contributed by atoms with E-state index >= 15 is 0 Å². The van der Waals surface area contributed by atoms with Crippen molar-refractivity contribution in [2.45, 2.75) is 53.1 Å². The van der Waals surface area contributed by atoms with Crippen LogP contribution in [0.2, 0.25) is 0 Å². The van der Waals surface area contributed by atoms with E-state index in [-0.39, 0.29) is 6.04 Å². The van der Waals surface area contributed by atoms with Crippen LogP contribution >= 0.6 is 0 Å². The lowest BCUT2D eigenvalue weighted by Gasteiger charge is -2.20. The Kier molecular flexibility index (Phi) is 5.01. The standard InChI is InChI=1S/C15H24N6/c1-6-16-14(13-7-11(4)19-20-12(13)5)8-15-17-9-18-21(15)10(2)3/h7,9-10,14,16H,6,8H2,1-5H3. The number of aryl methyl sites for hydroxylation is 2. The molecule has 114 valence electrons. The van der Waals surface area contributed by atoms with E-state index in [0.29, 0.717) is 6.04 Å². The van der Waals surface area contributed by atoms with E-state index in [1.165, 1.54) is 5.56 Å². The molecule has 1 atom stereocenters. The van der Waals surface area contributed by atoms with Gasteiger partial charge in [0, 0.05) is 18.5 Å². The van der Waals surface area contributed by atoms with Gasteiger partial charge in [-0.25, -0.2) is 9.67 Å². The van der Waals surface area contributed by atoms with Gasteiger partial charge in [-0.2, -0.15) is 15.3 Å². The molecule has 0 fully saturated rings. The van der Waals surface area contributed by atoms with Gasteiger partial charge in [0.2, 0.25) is 0 Å². The fourth-order valence-electron chi connectivity index (χ4n) is 2.50. The molecule has 2 aromatic rings. The van der Waals surface area contributed by atoms with Crippen molar-refractivity contribution < 1.29 is 0 Å². The van der Waals surface area contributed by atoms with Gasteiger partial charge >= 0.3 is 0 Å². The minimum Gasteiger partial charge on any atom is -0.310 e. The van der Waals surface area contributed by atoms with Crippen molar-refractivity contribution in [3.05, 3.63) is 35.2 Å². The molecule has 0 aromatic carbocycles. The van der Waals surface area contributed by atoms with Crippen LogP contribution in [0.5, 0.6) is 0 Å². The summed E-state index contributed by atoms with van der Waals surface area (Å²) in [5.41, 5.74) is 3.08.